The third-order valence-electron chi connectivity index (χ3n) is 2.93. The second kappa shape index (κ2) is 4.03. The summed E-state index contributed by atoms with van der Waals surface area (Å²) in [5, 5.41) is 10.3. The van der Waals surface area contributed by atoms with Gasteiger partial charge >= 0.3 is 0 Å². The number of aryl methyl sites for hydroxylation is 1. The van der Waals surface area contributed by atoms with Crippen LogP contribution in [0.15, 0.2) is 42.6 Å². The number of rotatable bonds is 2. The van der Waals surface area contributed by atoms with Crippen molar-refractivity contribution in [1.82, 2.24) is 14.8 Å². The van der Waals surface area contributed by atoms with Crippen molar-refractivity contribution in [2.24, 2.45) is 7.05 Å². The van der Waals surface area contributed by atoms with Crippen LogP contribution in [0.1, 0.15) is 10.5 Å². The normalized spacial score (nSPS) is 10.7. The van der Waals surface area contributed by atoms with Crippen LogP contribution in [-0.2, 0) is 7.05 Å². The Hall–Kier alpha value is -2.56. The van der Waals surface area contributed by atoms with E-state index in [4.69, 9.17) is 0 Å². The summed E-state index contributed by atoms with van der Waals surface area (Å²) in [6.45, 7) is 0. The van der Waals surface area contributed by atoms with Gasteiger partial charge in [-0.25, -0.2) is 0 Å². The fourth-order valence-corrected chi connectivity index (χ4v) is 2.02. The van der Waals surface area contributed by atoms with Gasteiger partial charge in [0.05, 0.1) is 6.20 Å². The predicted octanol–water partition coefficient (Wildman–Crippen LogP) is 2.15. The number of fused-ring (bicyclic) bond motifs is 1. The van der Waals surface area contributed by atoms with Gasteiger partial charge < -0.3 is 9.88 Å². The number of benzene rings is 1. The van der Waals surface area contributed by atoms with Gasteiger partial charge in [0, 0.05) is 24.0 Å². The number of nitrogens with one attached hydrogen (secondary N) is 2. The topological polar surface area (TPSA) is 62.7 Å². The number of H-pyrrole nitrogens is 1. The van der Waals surface area contributed by atoms with E-state index < -0.39 is 0 Å². The highest BCUT2D eigenvalue weighted by atomic mass is 16.2. The molecular weight excluding hydrogens is 228 g/mol. The minimum absolute atomic E-state index is 0.155. The molecule has 0 fully saturated rings. The first-order valence-electron chi connectivity index (χ1n) is 5.61. The van der Waals surface area contributed by atoms with Crippen molar-refractivity contribution < 1.29 is 4.79 Å². The Morgan fingerprint density at radius 3 is 2.89 bits per heavy atom. The van der Waals surface area contributed by atoms with Gasteiger partial charge in [0.2, 0.25) is 0 Å². The number of carbonyl (C=O) groups excluding carboxylic acids is 1. The molecule has 3 aromatic rings. The molecule has 5 nitrogen and oxygen atoms in total. The van der Waals surface area contributed by atoms with Crippen molar-refractivity contribution in [3.63, 3.8) is 0 Å². The van der Waals surface area contributed by atoms with Crippen LogP contribution in [0.3, 0.4) is 0 Å². The smallest absolute Gasteiger partial charge is 0.273 e. The quantitative estimate of drug-likeness (QED) is 0.721. The summed E-state index contributed by atoms with van der Waals surface area (Å²) in [6, 6.07) is 11.5. The SMILES string of the molecule is Cn1c(C(=O)Nc2ccn[nH]2)cc2ccccc21. The van der Waals surface area contributed by atoms with Crippen molar-refractivity contribution >= 4 is 22.6 Å². The minimum Gasteiger partial charge on any atom is -0.340 e. The Kier molecular flexibility index (Phi) is 2.37. The highest BCUT2D eigenvalue weighted by Gasteiger charge is 2.13. The average molecular weight is 240 g/mol. The lowest BCUT2D eigenvalue weighted by molar-refractivity contribution is 0.101. The average Bonchev–Trinajstić information content (AvgIpc) is 2.98. The lowest BCUT2D eigenvalue weighted by atomic mass is 10.2. The Balaban J connectivity index is 1.99. The number of carbonyl (C=O) groups is 1. The van der Waals surface area contributed by atoms with Crippen LogP contribution in [0.25, 0.3) is 10.9 Å². The standard InChI is InChI=1S/C13H12N4O/c1-17-10-5-3-2-4-9(10)8-11(17)13(18)15-12-6-7-14-16-12/h2-8H,1H3,(H2,14,15,16,18). The fraction of sp³-hybridized carbons (Fsp3) is 0.0769. The number of nitrogens with zero attached hydrogens (tertiary/aromatic N) is 2. The number of hydrogen-bond donors (Lipinski definition) is 2. The zero-order valence-electron chi connectivity index (χ0n) is 9.84. The summed E-state index contributed by atoms with van der Waals surface area (Å²) in [4.78, 5) is 12.1. The Morgan fingerprint density at radius 1 is 1.33 bits per heavy atom. The van der Waals surface area contributed by atoms with Crippen molar-refractivity contribution in [3.8, 4) is 0 Å². The zero-order valence-corrected chi connectivity index (χ0v) is 9.84. The lowest BCUT2D eigenvalue weighted by Gasteiger charge is -2.04. The summed E-state index contributed by atoms with van der Waals surface area (Å²) in [5.41, 5.74) is 1.65. The van der Waals surface area contributed by atoms with E-state index in [-0.39, 0.29) is 5.91 Å². The third-order valence-corrected chi connectivity index (χ3v) is 2.93. The fourth-order valence-electron chi connectivity index (χ4n) is 2.02. The first-order valence-corrected chi connectivity index (χ1v) is 5.61. The lowest BCUT2D eigenvalue weighted by Crippen LogP contribution is -2.15. The molecule has 1 aromatic carbocycles. The molecule has 0 unspecified atom stereocenters. The number of para-hydroxylation sites is 1. The molecule has 0 aliphatic heterocycles. The number of aromatic nitrogens is 3. The van der Waals surface area contributed by atoms with E-state index >= 15 is 0 Å². The molecule has 18 heavy (non-hydrogen) atoms. The molecule has 0 radical (unpaired) electrons. The van der Waals surface area contributed by atoms with Gasteiger partial charge in [-0.15, -0.1) is 0 Å². The van der Waals surface area contributed by atoms with Gasteiger partial charge in [-0.3, -0.25) is 9.89 Å². The van der Waals surface area contributed by atoms with Crippen LogP contribution in [0.2, 0.25) is 0 Å². The maximum atomic E-state index is 12.1. The summed E-state index contributed by atoms with van der Waals surface area (Å²) < 4.78 is 1.88. The Bertz CT molecular complexity index is 697. The molecule has 2 aromatic heterocycles. The highest BCUT2D eigenvalue weighted by Crippen LogP contribution is 2.18. The van der Waals surface area contributed by atoms with Crippen LogP contribution in [0.5, 0.6) is 0 Å². The maximum Gasteiger partial charge on any atom is 0.273 e. The van der Waals surface area contributed by atoms with Gasteiger partial charge in [-0.2, -0.15) is 5.10 Å². The molecule has 2 N–H and O–H groups in total. The first kappa shape index (κ1) is 10.6. The molecule has 0 atom stereocenters. The predicted molar refractivity (Wildman–Crippen MR) is 69.5 cm³/mol. The monoisotopic (exact) mass is 240 g/mol. The first-order chi connectivity index (χ1) is 8.75. The van der Waals surface area contributed by atoms with Crippen LogP contribution in [0, 0.1) is 0 Å². The molecule has 0 aliphatic carbocycles. The molecule has 0 aliphatic rings. The third kappa shape index (κ3) is 1.66. The number of amides is 1. The second-order valence-corrected chi connectivity index (χ2v) is 4.07. The zero-order chi connectivity index (χ0) is 12.5. The Labute approximate surface area is 103 Å². The summed E-state index contributed by atoms with van der Waals surface area (Å²) in [7, 11) is 1.88. The number of anilines is 1. The van der Waals surface area contributed by atoms with E-state index in [0.717, 1.165) is 10.9 Å². The highest BCUT2D eigenvalue weighted by molar-refractivity contribution is 6.05. The van der Waals surface area contributed by atoms with E-state index in [1.807, 2.05) is 41.9 Å². The van der Waals surface area contributed by atoms with Gasteiger partial charge in [-0.1, -0.05) is 18.2 Å². The number of aromatic amines is 1. The molecule has 0 spiro atoms. The van der Waals surface area contributed by atoms with Crippen LogP contribution >= 0.6 is 0 Å². The Morgan fingerprint density at radius 2 is 2.17 bits per heavy atom. The molecule has 0 saturated heterocycles. The molecule has 0 saturated carbocycles. The summed E-state index contributed by atoms with van der Waals surface area (Å²) in [5.74, 6) is 0.434. The maximum absolute atomic E-state index is 12.1. The van der Waals surface area contributed by atoms with E-state index in [9.17, 15) is 4.79 Å². The van der Waals surface area contributed by atoms with Gasteiger partial charge in [0.25, 0.3) is 5.91 Å². The molecule has 2 heterocycles. The van der Waals surface area contributed by atoms with Crippen LogP contribution in [-0.4, -0.2) is 20.7 Å². The van der Waals surface area contributed by atoms with Gasteiger partial charge in [0.1, 0.15) is 11.5 Å². The second-order valence-electron chi connectivity index (χ2n) is 4.07. The molecular formula is C13H12N4O. The van der Waals surface area contributed by atoms with E-state index in [1.54, 1.807) is 12.3 Å². The van der Waals surface area contributed by atoms with Crippen molar-refractivity contribution in [3.05, 3.63) is 48.3 Å². The van der Waals surface area contributed by atoms with Gasteiger partial charge in [-0.05, 0) is 12.1 Å². The van der Waals surface area contributed by atoms with Crippen molar-refractivity contribution in [2.75, 3.05) is 5.32 Å². The van der Waals surface area contributed by atoms with Crippen molar-refractivity contribution in [1.29, 1.82) is 0 Å². The molecule has 90 valence electrons. The molecule has 0 bridgehead atoms. The van der Waals surface area contributed by atoms with Crippen LogP contribution in [0.4, 0.5) is 5.82 Å². The largest absolute Gasteiger partial charge is 0.340 e. The molecule has 3 rings (SSSR count). The molecule has 5 heteroatoms. The van der Waals surface area contributed by atoms with E-state index in [1.165, 1.54) is 0 Å². The number of hydrogen-bond acceptors (Lipinski definition) is 2. The van der Waals surface area contributed by atoms with Crippen molar-refractivity contribution in [2.45, 2.75) is 0 Å². The van der Waals surface area contributed by atoms with Gasteiger partial charge in [0.15, 0.2) is 0 Å². The summed E-state index contributed by atoms with van der Waals surface area (Å²) >= 11 is 0. The summed E-state index contributed by atoms with van der Waals surface area (Å²) in [6.07, 6.45) is 1.59. The minimum atomic E-state index is -0.155. The van der Waals surface area contributed by atoms with E-state index in [0.29, 0.717) is 11.5 Å². The van der Waals surface area contributed by atoms with Crippen LogP contribution < -0.4 is 5.32 Å². The molecule has 1 amide bonds. The van der Waals surface area contributed by atoms with E-state index in [2.05, 4.69) is 15.5 Å².